The average molecular weight is 381 g/mol. The Bertz CT molecular complexity index is 958. The highest BCUT2D eigenvalue weighted by molar-refractivity contribution is 5.77. The highest BCUT2D eigenvalue weighted by atomic mass is 19.1. The first-order valence-electron chi connectivity index (χ1n) is 9.16. The molecule has 0 saturated carbocycles. The van der Waals surface area contributed by atoms with E-state index in [4.69, 9.17) is 9.84 Å². The Labute approximate surface area is 164 Å². The van der Waals surface area contributed by atoms with Gasteiger partial charge in [-0.15, -0.1) is 0 Å². The molecule has 0 amide bonds. The molecule has 6 heteroatoms. The summed E-state index contributed by atoms with van der Waals surface area (Å²) >= 11 is 0. The van der Waals surface area contributed by atoms with Crippen LogP contribution in [0.2, 0.25) is 0 Å². The quantitative estimate of drug-likeness (QED) is 0.618. The number of aromatic nitrogens is 3. The Balaban J connectivity index is 1.97. The Kier molecular flexibility index (Phi) is 5.58. The van der Waals surface area contributed by atoms with E-state index in [2.05, 4.69) is 4.98 Å². The van der Waals surface area contributed by atoms with Gasteiger partial charge >= 0.3 is 5.97 Å². The fourth-order valence-electron chi connectivity index (χ4n) is 2.98. The van der Waals surface area contributed by atoms with Crippen LogP contribution < -0.4 is 0 Å². The van der Waals surface area contributed by atoms with Gasteiger partial charge in [-0.05, 0) is 57.5 Å². The number of rotatable bonds is 5. The van der Waals surface area contributed by atoms with Crippen molar-refractivity contribution in [3.63, 3.8) is 0 Å². The van der Waals surface area contributed by atoms with Crippen molar-refractivity contribution in [3.05, 3.63) is 71.4 Å². The molecule has 1 aromatic carbocycles. The van der Waals surface area contributed by atoms with Crippen LogP contribution in [-0.4, -0.2) is 26.3 Å². The van der Waals surface area contributed by atoms with Crippen LogP contribution in [0.25, 0.3) is 11.3 Å². The summed E-state index contributed by atoms with van der Waals surface area (Å²) in [7, 11) is 0. The highest BCUT2D eigenvalue weighted by Crippen LogP contribution is 2.27. The van der Waals surface area contributed by atoms with E-state index in [1.807, 2.05) is 44.5 Å². The lowest BCUT2D eigenvalue weighted by Gasteiger charge is -2.19. The lowest BCUT2D eigenvalue weighted by atomic mass is 10.0. The third-order valence-corrected chi connectivity index (χ3v) is 4.27. The van der Waals surface area contributed by atoms with Gasteiger partial charge in [0.1, 0.15) is 11.4 Å². The molecular formula is C22H24FN3O2. The molecule has 2 heterocycles. The predicted molar refractivity (Wildman–Crippen MR) is 105 cm³/mol. The van der Waals surface area contributed by atoms with Crippen LogP contribution in [0.15, 0.2) is 48.8 Å². The number of hydrogen-bond acceptors (Lipinski definition) is 4. The summed E-state index contributed by atoms with van der Waals surface area (Å²) in [6.07, 6.45) is 3.52. The Morgan fingerprint density at radius 1 is 1.11 bits per heavy atom. The van der Waals surface area contributed by atoms with Crippen molar-refractivity contribution in [1.82, 2.24) is 14.8 Å². The van der Waals surface area contributed by atoms with Crippen molar-refractivity contribution in [3.8, 4) is 11.3 Å². The maximum atomic E-state index is 13.2. The number of carbonyl (C=O) groups is 1. The number of esters is 1. The van der Waals surface area contributed by atoms with Crippen molar-refractivity contribution in [2.45, 2.75) is 46.3 Å². The zero-order chi connectivity index (χ0) is 20.3. The average Bonchev–Trinajstić information content (AvgIpc) is 2.92. The number of carbonyl (C=O) groups excluding carboxylic acids is 1. The van der Waals surface area contributed by atoms with Crippen LogP contribution in [-0.2, 0) is 22.5 Å². The van der Waals surface area contributed by atoms with Crippen LogP contribution in [0.1, 0.15) is 37.6 Å². The van der Waals surface area contributed by atoms with Gasteiger partial charge in [-0.3, -0.25) is 14.5 Å². The number of ether oxygens (including phenoxy) is 1. The number of nitrogens with zero attached hydrogens (tertiary/aromatic N) is 3. The number of pyridine rings is 1. The van der Waals surface area contributed by atoms with Gasteiger partial charge in [0.25, 0.3) is 0 Å². The number of hydrogen-bond donors (Lipinski definition) is 0. The van der Waals surface area contributed by atoms with Crippen LogP contribution >= 0.6 is 0 Å². The molecule has 2 aromatic heterocycles. The summed E-state index contributed by atoms with van der Waals surface area (Å²) in [6, 6.07) is 10.1. The van der Waals surface area contributed by atoms with Crippen molar-refractivity contribution in [1.29, 1.82) is 0 Å². The fraction of sp³-hybridized carbons (Fsp3) is 0.318. The van der Waals surface area contributed by atoms with E-state index in [1.165, 1.54) is 12.1 Å². The second-order valence-corrected chi connectivity index (χ2v) is 7.70. The lowest BCUT2D eigenvalue weighted by Crippen LogP contribution is -2.25. The molecule has 3 rings (SSSR count). The summed E-state index contributed by atoms with van der Waals surface area (Å²) in [5.74, 6) is -0.573. The Morgan fingerprint density at radius 3 is 2.36 bits per heavy atom. The maximum Gasteiger partial charge on any atom is 0.310 e. The molecule has 0 spiro atoms. The van der Waals surface area contributed by atoms with Gasteiger partial charge in [0.15, 0.2) is 0 Å². The molecule has 0 aliphatic heterocycles. The van der Waals surface area contributed by atoms with E-state index in [9.17, 15) is 9.18 Å². The molecule has 0 aliphatic rings. The van der Waals surface area contributed by atoms with Gasteiger partial charge in [-0.2, -0.15) is 5.10 Å². The molecule has 0 aliphatic carbocycles. The second kappa shape index (κ2) is 7.92. The zero-order valence-corrected chi connectivity index (χ0v) is 16.6. The summed E-state index contributed by atoms with van der Waals surface area (Å²) in [5, 5.41) is 4.73. The maximum absolute atomic E-state index is 13.2. The summed E-state index contributed by atoms with van der Waals surface area (Å²) in [5.41, 5.74) is 3.69. The summed E-state index contributed by atoms with van der Waals surface area (Å²) < 4.78 is 20.5. The van der Waals surface area contributed by atoms with E-state index in [-0.39, 0.29) is 18.2 Å². The molecule has 3 aromatic rings. The standard InChI is InChI=1S/C22H24FN3O2/c1-15-19(13-20(27)28-22(2,3)4)21(17-9-11-24-12-10-17)25-26(15)14-16-5-7-18(23)8-6-16/h5-12H,13-14H2,1-4H3. The molecule has 0 radical (unpaired) electrons. The second-order valence-electron chi connectivity index (χ2n) is 7.70. The molecule has 0 bridgehead atoms. The lowest BCUT2D eigenvalue weighted by molar-refractivity contribution is -0.153. The molecular weight excluding hydrogens is 357 g/mol. The van der Waals surface area contributed by atoms with Gasteiger partial charge in [0.2, 0.25) is 0 Å². The van der Waals surface area contributed by atoms with Crippen LogP contribution in [0.4, 0.5) is 4.39 Å². The first-order chi connectivity index (χ1) is 13.2. The Morgan fingerprint density at radius 2 is 1.75 bits per heavy atom. The predicted octanol–water partition coefficient (Wildman–Crippen LogP) is 4.33. The van der Waals surface area contributed by atoms with Gasteiger partial charge in [0.05, 0.1) is 18.7 Å². The minimum absolute atomic E-state index is 0.129. The van der Waals surface area contributed by atoms with Crippen molar-refractivity contribution in [2.75, 3.05) is 0 Å². The van der Waals surface area contributed by atoms with Crippen LogP contribution in [0, 0.1) is 12.7 Å². The normalized spacial score (nSPS) is 11.5. The van der Waals surface area contributed by atoms with Gasteiger partial charge in [0, 0.05) is 29.2 Å². The molecule has 0 fully saturated rings. The fourth-order valence-corrected chi connectivity index (χ4v) is 2.98. The smallest absolute Gasteiger partial charge is 0.310 e. The largest absolute Gasteiger partial charge is 0.460 e. The molecule has 146 valence electrons. The molecule has 0 saturated heterocycles. The van der Waals surface area contributed by atoms with Crippen LogP contribution in [0.3, 0.4) is 0 Å². The van der Waals surface area contributed by atoms with E-state index < -0.39 is 5.60 Å². The van der Waals surface area contributed by atoms with E-state index >= 15 is 0 Å². The minimum atomic E-state index is -0.550. The number of halogens is 1. The zero-order valence-electron chi connectivity index (χ0n) is 16.6. The minimum Gasteiger partial charge on any atom is -0.460 e. The van der Waals surface area contributed by atoms with E-state index in [1.54, 1.807) is 24.5 Å². The van der Waals surface area contributed by atoms with Gasteiger partial charge < -0.3 is 4.74 Å². The van der Waals surface area contributed by atoms with Crippen LogP contribution in [0.5, 0.6) is 0 Å². The van der Waals surface area contributed by atoms with Gasteiger partial charge in [-0.25, -0.2) is 4.39 Å². The molecule has 0 unspecified atom stereocenters. The van der Waals surface area contributed by atoms with Crippen molar-refractivity contribution < 1.29 is 13.9 Å². The number of benzene rings is 1. The first kappa shape index (κ1) is 19.7. The molecule has 0 atom stereocenters. The van der Waals surface area contributed by atoms with E-state index in [0.717, 1.165) is 28.1 Å². The molecule has 0 N–H and O–H groups in total. The summed E-state index contributed by atoms with van der Waals surface area (Å²) in [4.78, 5) is 16.5. The first-order valence-corrected chi connectivity index (χ1v) is 9.16. The highest BCUT2D eigenvalue weighted by Gasteiger charge is 2.22. The van der Waals surface area contributed by atoms with Crippen molar-refractivity contribution in [2.24, 2.45) is 0 Å². The molecule has 28 heavy (non-hydrogen) atoms. The molecule has 5 nitrogen and oxygen atoms in total. The van der Waals surface area contributed by atoms with Crippen molar-refractivity contribution >= 4 is 5.97 Å². The summed E-state index contributed by atoms with van der Waals surface area (Å²) in [6.45, 7) is 7.96. The third-order valence-electron chi connectivity index (χ3n) is 4.27. The van der Waals surface area contributed by atoms with Gasteiger partial charge in [-0.1, -0.05) is 12.1 Å². The SMILES string of the molecule is Cc1c(CC(=O)OC(C)(C)C)c(-c2ccncc2)nn1Cc1ccc(F)cc1. The van der Waals surface area contributed by atoms with E-state index in [0.29, 0.717) is 6.54 Å². The topological polar surface area (TPSA) is 57.0 Å². The Hall–Kier alpha value is -3.02. The monoisotopic (exact) mass is 381 g/mol. The third kappa shape index (κ3) is 4.82.